The number of carboxylic acid groups (broad SMARTS) is 1. The Hall–Kier alpha value is -4.01. The number of alkyl halides is 3. The summed E-state index contributed by atoms with van der Waals surface area (Å²) in [6.07, 6.45) is -3.51. The van der Waals surface area contributed by atoms with E-state index in [0.717, 1.165) is 17.5 Å². The number of nitrogens with zero attached hydrogens (tertiary/aromatic N) is 2. The molecule has 4 aromatic rings. The summed E-state index contributed by atoms with van der Waals surface area (Å²) in [7, 11) is 0. The Balaban J connectivity index is 1.56. The van der Waals surface area contributed by atoms with Crippen molar-refractivity contribution in [2.24, 2.45) is 0 Å². The first-order valence-corrected chi connectivity index (χ1v) is 11.9. The smallest absolute Gasteiger partial charge is 0.481 e. The van der Waals surface area contributed by atoms with Gasteiger partial charge in [0.15, 0.2) is 0 Å². The highest BCUT2D eigenvalue weighted by Gasteiger charge is 2.39. The Bertz CT molecular complexity index is 1460. The van der Waals surface area contributed by atoms with Crippen molar-refractivity contribution in [3.8, 4) is 5.75 Å². The summed E-state index contributed by atoms with van der Waals surface area (Å²) < 4.78 is 43.8. The predicted molar refractivity (Wildman–Crippen MR) is 134 cm³/mol. The molecule has 37 heavy (non-hydrogen) atoms. The molecule has 3 aromatic carbocycles. The molecule has 5 rings (SSSR count). The number of ether oxygens (including phenoxy) is 1. The molecule has 2 N–H and O–H groups in total. The van der Waals surface area contributed by atoms with Crippen LogP contribution in [0.15, 0.2) is 66.7 Å². The number of aryl methyl sites for hydroxylation is 1. The van der Waals surface area contributed by atoms with Gasteiger partial charge in [-0.15, -0.1) is 13.2 Å². The lowest BCUT2D eigenvalue weighted by atomic mass is 9.86. The molecule has 0 saturated carbocycles. The van der Waals surface area contributed by atoms with Gasteiger partial charge in [0.25, 0.3) is 0 Å². The quantitative estimate of drug-likeness (QED) is 0.282. The summed E-state index contributed by atoms with van der Waals surface area (Å²) in [6, 6.07) is 19.6. The first kappa shape index (κ1) is 24.7. The maximum absolute atomic E-state index is 12.6. The zero-order valence-electron chi connectivity index (χ0n) is 20.3. The predicted octanol–water partition coefficient (Wildman–Crippen LogP) is 6.97. The molecule has 9 heteroatoms. The second-order valence-electron chi connectivity index (χ2n) is 9.91. The van der Waals surface area contributed by atoms with Crippen molar-refractivity contribution in [1.82, 2.24) is 9.55 Å². The van der Waals surface area contributed by atoms with Gasteiger partial charge in [0.2, 0.25) is 5.95 Å². The van der Waals surface area contributed by atoms with Crippen LogP contribution in [0, 0.1) is 0 Å². The zero-order valence-corrected chi connectivity index (χ0v) is 20.3. The number of anilines is 2. The Morgan fingerprint density at radius 3 is 2.57 bits per heavy atom. The van der Waals surface area contributed by atoms with Crippen molar-refractivity contribution < 1.29 is 27.8 Å². The Kier molecular flexibility index (Phi) is 6.09. The molecule has 1 atom stereocenters. The van der Waals surface area contributed by atoms with Crippen molar-refractivity contribution in [3.05, 3.63) is 83.4 Å². The molecule has 0 unspecified atom stereocenters. The van der Waals surface area contributed by atoms with E-state index >= 15 is 0 Å². The Labute approximate surface area is 211 Å². The van der Waals surface area contributed by atoms with Gasteiger partial charge in [-0.05, 0) is 71.3 Å². The summed E-state index contributed by atoms with van der Waals surface area (Å²) in [5.41, 5.74) is 5.42. The van der Waals surface area contributed by atoms with E-state index in [0.29, 0.717) is 23.6 Å². The monoisotopic (exact) mass is 509 g/mol. The fourth-order valence-corrected chi connectivity index (χ4v) is 5.16. The van der Waals surface area contributed by atoms with Crippen molar-refractivity contribution in [3.63, 3.8) is 0 Å². The van der Waals surface area contributed by atoms with Crippen LogP contribution < -0.4 is 10.1 Å². The van der Waals surface area contributed by atoms with Gasteiger partial charge in [-0.3, -0.25) is 4.79 Å². The molecule has 0 amide bonds. The number of imidazole rings is 1. The number of benzene rings is 3. The molecule has 0 fully saturated rings. The second-order valence-corrected chi connectivity index (χ2v) is 9.91. The number of aliphatic carboxylic acids is 1. The van der Waals surface area contributed by atoms with E-state index in [1.165, 1.54) is 35.4 Å². The van der Waals surface area contributed by atoms with Crippen LogP contribution in [0.25, 0.3) is 11.0 Å². The topological polar surface area (TPSA) is 76.4 Å². The van der Waals surface area contributed by atoms with E-state index in [1.54, 1.807) is 0 Å². The minimum absolute atomic E-state index is 0.0172. The van der Waals surface area contributed by atoms with Crippen LogP contribution in [0.5, 0.6) is 5.75 Å². The number of nitrogens with one attached hydrogen (secondary N) is 1. The summed E-state index contributed by atoms with van der Waals surface area (Å²) in [5.74, 6) is -0.621. The van der Waals surface area contributed by atoms with Gasteiger partial charge in [-0.2, -0.15) is 0 Å². The molecule has 1 aliphatic rings. The fourth-order valence-electron chi connectivity index (χ4n) is 5.16. The van der Waals surface area contributed by atoms with Crippen molar-refractivity contribution in [2.45, 2.75) is 50.9 Å². The van der Waals surface area contributed by atoms with Crippen LogP contribution in [0.4, 0.5) is 24.8 Å². The van der Waals surface area contributed by atoms with Gasteiger partial charge < -0.3 is 19.7 Å². The van der Waals surface area contributed by atoms with Gasteiger partial charge in [0.1, 0.15) is 5.75 Å². The SMILES string of the molecule is CC1(C)C[C@@H](n2c(Nc3ccc(OC(F)(F)F)cc3)nc3cc(CCC(=O)O)ccc32)c2ccccc21. The van der Waals surface area contributed by atoms with E-state index in [9.17, 15) is 18.0 Å². The van der Waals surface area contributed by atoms with Gasteiger partial charge in [0, 0.05) is 12.1 Å². The minimum atomic E-state index is -4.76. The average molecular weight is 510 g/mol. The lowest BCUT2D eigenvalue weighted by Crippen LogP contribution is -2.17. The summed E-state index contributed by atoms with van der Waals surface area (Å²) >= 11 is 0. The highest BCUT2D eigenvalue weighted by molar-refractivity contribution is 5.81. The van der Waals surface area contributed by atoms with E-state index < -0.39 is 12.3 Å². The maximum atomic E-state index is 12.6. The Morgan fingerprint density at radius 2 is 1.86 bits per heavy atom. The van der Waals surface area contributed by atoms with Gasteiger partial charge in [-0.1, -0.05) is 44.2 Å². The average Bonchev–Trinajstić information content (AvgIpc) is 3.31. The number of hydrogen-bond donors (Lipinski definition) is 2. The molecule has 0 aliphatic heterocycles. The molecule has 0 radical (unpaired) electrons. The molecule has 1 aromatic heterocycles. The van der Waals surface area contributed by atoms with Crippen LogP contribution in [0.2, 0.25) is 0 Å². The zero-order chi connectivity index (χ0) is 26.4. The van der Waals surface area contributed by atoms with Crippen LogP contribution >= 0.6 is 0 Å². The van der Waals surface area contributed by atoms with Crippen LogP contribution in [0.3, 0.4) is 0 Å². The summed E-state index contributed by atoms with van der Waals surface area (Å²) in [6.45, 7) is 4.42. The lowest BCUT2D eigenvalue weighted by Gasteiger charge is -2.21. The molecular formula is C28H26F3N3O3. The minimum Gasteiger partial charge on any atom is -0.481 e. The third-order valence-corrected chi connectivity index (χ3v) is 6.79. The van der Waals surface area contributed by atoms with E-state index in [1.807, 2.05) is 30.3 Å². The van der Waals surface area contributed by atoms with Gasteiger partial charge in [0.05, 0.1) is 17.1 Å². The first-order valence-electron chi connectivity index (χ1n) is 11.9. The highest BCUT2D eigenvalue weighted by atomic mass is 19.4. The van der Waals surface area contributed by atoms with Crippen molar-refractivity contribution >= 4 is 28.6 Å². The number of fused-ring (bicyclic) bond motifs is 2. The number of carbonyl (C=O) groups is 1. The number of carboxylic acids is 1. The lowest BCUT2D eigenvalue weighted by molar-refractivity contribution is -0.274. The number of halogens is 3. The standard InChI is InChI=1S/C28H26F3N3O3/c1-27(2)16-24(20-5-3-4-6-21(20)27)34-23-13-7-17(8-14-25(35)36)15-22(23)33-26(34)32-18-9-11-19(12-10-18)37-28(29,30)31/h3-7,9-13,15,24H,8,14,16H2,1-2H3,(H,32,33)(H,35,36)/t24-/m1/s1. The van der Waals surface area contributed by atoms with Crippen molar-refractivity contribution in [1.29, 1.82) is 0 Å². The summed E-state index contributed by atoms with van der Waals surface area (Å²) in [4.78, 5) is 15.9. The third-order valence-electron chi connectivity index (χ3n) is 6.79. The van der Waals surface area contributed by atoms with E-state index in [-0.39, 0.29) is 23.6 Å². The van der Waals surface area contributed by atoms with Gasteiger partial charge in [-0.25, -0.2) is 4.98 Å². The molecular weight excluding hydrogens is 483 g/mol. The van der Waals surface area contributed by atoms with E-state index in [2.05, 4.69) is 40.6 Å². The Morgan fingerprint density at radius 1 is 1.14 bits per heavy atom. The maximum Gasteiger partial charge on any atom is 0.573 e. The highest BCUT2D eigenvalue weighted by Crippen LogP contribution is 2.48. The summed E-state index contributed by atoms with van der Waals surface area (Å²) in [5, 5.41) is 12.3. The normalized spacial score (nSPS) is 16.5. The first-order chi connectivity index (χ1) is 17.5. The molecule has 0 spiro atoms. The molecule has 0 bridgehead atoms. The molecule has 1 heterocycles. The number of hydrogen-bond acceptors (Lipinski definition) is 4. The van der Waals surface area contributed by atoms with Crippen LogP contribution in [-0.2, 0) is 16.6 Å². The van der Waals surface area contributed by atoms with Crippen LogP contribution in [-0.4, -0.2) is 27.0 Å². The van der Waals surface area contributed by atoms with Gasteiger partial charge >= 0.3 is 12.3 Å². The largest absolute Gasteiger partial charge is 0.573 e. The van der Waals surface area contributed by atoms with Crippen molar-refractivity contribution in [2.75, 3.05) is 5.32 Å². The number of rotatable bonds is 7. The molecule has 192 valence electrons. The molecule has 6 nitrogen and oxygen atoms in total. The van der Waals surface area contributed by atoms with Crippen LogP contribution in [0.1, 0.15) is 49.4 Å². The molecule has 0 saturated heterocycles. The van der Waals surface area contributed by atoms with E-state index in [4.69, 9.17) is 10.1 Å². The second kappa shape index (κ2) is 9.14. The number of aromatic nitrogens is 2. The fraction of sp³-hybridized carbons (Fsp3) is 0.286. The third kappa shape index (κ3) is 5.12. The molecule has 1 aliphatic carbocycles.